The van der Waals surface area contributed by atoms with Crippen LogP contribution >= 0.6 is 0 Å². The zero-order valence-corrected chi connectivity index (χ0v) is 49.7. The van der Waals surface area contributed by atoms with Crippen LogP contribution in [-0.4, -0.2) is 25.1 Å². The Labute approximate surface area is 415 Å². The molecule has 0 fully saturated rings. The molecule has 0 radical (unpaired) electrons. The first-order valence-corrected chi connectivity index (χ1v) is 26.6. The topological polar surface area (TPSA) is 64.5 Å². The van der Waals surface area contributed by atoms with Crippen molar-refractivity contribution < 1.29 is 0 Å². The molecular formula is C62H105N5. The molecule has 0 unspecified atom stereocenters. The van der Waals surface area contributed by atoms with Crippen molar-refractivity contribution >= 4 is 0 Å². The van der Waals surface area contributed by atoms with Crippen LogP contribution in [0.4, 0.5) is 0 Å². The molecule has 0 bridgehead atoms. The van der Waals surface area contributed by atoms with E-state index in [0.29, 0.717) is 71.0 Å². The molecule has 0 saturated carbocycles. The Bertz CT molecular complexity index is 2180. The molecule has 0 spiro atoms. The van der Waals surface area contributed by atoms with Crippen LogP contribution in [0.3, 0.4) is 0 Å². The van der Waals surface area contributed by atoms with Gasteiger partial charge in [0.05, 0.1) is 11.4 Å². The van der Waals surface area contributed by atoms with E-state index in [4.69, 9.17) is 15.0 Å². The summed E-state index contributed by atoms with van der Waals surface area (Å²) in [6.07, 6.45) is 0. The fourth-order valence-corrected chi connectivity index (χ4v) is 10.7. The van der Waals surface area contributed by atoms with Crippen LogP contribution in [0.15, 0.2) is 0 Å². The monoisotopic (exact) mass is 920 g/mol. The first-order chi connectivity index (χ1) is 30.7. The average molecular weight is 921 g/mol. The number of hydrogen-bond acceptors (Lipinski definition) is 5. The molecule has 0 saturated heterocycles. The molecule has 0 N–H and O–H groups in total. The molecular weight excluding hydrogens is 815 g/mol. The van der Waals surface area contributed by atoms with Gasteiger partial charge in [-0.05, 0) is 181 Å². The lowest BCUT2D eigenvalue weighted by atomic mass is 9.84. The van der Waals surface area contributed by atoms with Crippen molar-refractivity contribution in [3.05, 3.63) is 107 Å². The molecule has 0 aliphatic heterocycles. The third-order valence-corrected chi connectivity index (χ3v) is 13.5. The minimum atomic E-state index is 0.449. The van der Waals surface area contributed by atoms with Crippen LogP contribution < -0.4 is 0 Å². The van der Waals surface area contributed by atoms with E-state index in [-0.39, 0.29) is 0 Å². The van der Waals surface area contributed by atoms with E-state index in [2.05, 4.69) is 225 Å². The molecule has 0 atom stereocenters. The van der Waals surface area contributed by atoms with Crippen molar-refractivity contribution in [3.8, 4) is 0 Å². The Morgan fingerprint density at radius 1 is 0.194 bits per heavy atom. The molecule has 378 valence electrons. The second kappa shape index (κ2) is 26.5. The average Bonchev–Trinajstić information content (AvgIpc) is 3.18. The summed E-state index contributed by atoms with van der Waals surface area (Å²) in [4.78, 5) is 14.7. The summed E-state index contributed by atoms with van der Waals surface area (Å²) in [7, 11) is 0. The summed E-state index contributed by atoms with van der Waals surface area (Å²) in [5, 5.41) is 8.82. The van der Waals surface area contributed by atoms with Crippen LogP contribution in [0.25, 0.3) is 0 Å². The van der Waals surface area contributed by atoms with Gasteiger partial charge in [0, 0.05) is 34.2 Å². The third kappa shape index (κ3) is 15.5. The predicted molar refractivity (Wildman–Crippen MR) is 297 cm³/mol. The molecule has 5 heteroatoms. The predicted octanol–water partition coefficient (Wildman–Crippen LogP) is 19.4. The van der Waals surface area contributed by atoms with Crippen LogP contribution in [0.2, 0.25) is 0 Å². The van der Waals surface area contributed by atoms with Gasteiger partial charge in [-0.1, -0.05) is 166 Å². The van der Waals surface area contributed by atoms with Crippen molar-refractivity contribution in [3.63, 3.8) is 0 Å². The van der Waals surface area contributed by atoms with Crippen molar-refractivity contribution in [2.75, 3.05) is 0 Å². The zero-order chi connectivity index (χ0) is 52.4. The van der Waals surface area contributed by atoms with E-state index >= 15 is 0 Å². The van der Waals surface area contributed by atoms with Crippen molar-refractivity contribution in [1.82, 2.24) is 25.1 Å². The number of nitrogens with zero attached hydrogens (tertiary/aromatic N) is 5. The molecule has 0 aliphatic carbocycles. The van der Waals surface area contributed by atoms with E-state index in [1.165, 1.54) is 95.4 Å². The second-order valence-electron chi connectivity index (χ2n) is 23.5. The number of aromatic nitrogens is 5. The molecule has 4 aromatic heterocycles. The van der Waals surface area contributed by atoms with Gasteiger partial charge in [-0.15, -0.1) is 0 Å². The number of aryl methyl sites for hydroxylation is 2. The first-order valence-electron chi connectivity index (χ1n) is 26.6. The highest BCUT2D eigenvalue weighted by molar-refractivity contribution is 5.46. The van der Waals surface area contributed by atoms with Gasteiger partial charge in [-0.25, -0.2) is 0 Å². The highest BCUT2D eigenvalue weighted by atomic mass is 15.1. The van der Waals surface area contributed by atoms with Crippen molar-refractivity contribution in [2.45, 2.75) is 286 Å². The molecule has 4 heterocycles. The van der Waals surface area contributed by atoms with Crippen molar-refractivity contribution in [1.29, 1.82) is 0 Å². The van der Waals surface area contributed by atoms with E-state index in [0.717, 1.165) is 11.4 Å². The lowest BCUT2D eigenvalue weighted by molar-refractivity contribution is 0.683. The quantitative estimate of drug-likeness (QED) is 0.142. The summed E-state index contributed by atoms with van der Waals surface area (Å²) >= 11 is 0. The van der Waals surface area contributed by atoms with Crippen molar-refractivity contribution in [2.24, 2.45) is 0 Å². The summed E-state index contributed by atoms with van der Waals surface area (Å²) in [5.74, 6) is 6.24. The molecule has 0 aromatic carbocycles. The van der Waals surface area contributed by atoms with Gasteiger partial charge in [0.25, 0.3) is 0 Å². The van der Waals surface area contributed by atoms with Gasteiger partial charge in [-0.3, -0.25) is 15.0 Å². The summed E-state index contributed by atoms with van der Waals surface area (Å²) in [6.45, 7) is 69.3. The second-order valence-corrected chi connectivity index (χ2v) is 23.5. The van der Waals surface area contributed by atoms with Gasteiger partial charge in [0.15, 0.2) is 0 Å². The fraction of sp³-hybridized carbons (Fsp3) is 0.694. The Hall–Kier alpha value is -3.47. The van der Waals surface area contributed by atoms with Crippen LogP contribution in [0, 0.1) is 48.5 Å². The van der Waals surface area contributed by atoms with Crippen LogP contribution in [0.1, 0.15) is 344 Å². The molecule has 67 heavy (non-hydrogen) atoms. The lowest BCUT2D eigenvalue weighted by Crippen LogP contribution is -2.11. The molecule has 5 nitrogen and oxygen atoms in total. The summed E-state index contributed by atoms with van der Waals surface area (Å²) in [6, 6.07) is 0. The van der Waals surface area contributed by atoms with Crippen LogP contribution in [0.5, 0.6) is 0 Å². The summed E-state index contributed by atoms with van der Waals surface area (Å²) in [5.41, 5.74) is 25.7. The minimum absolute atomic E-state index is 0.449. The number of rotatable bonds is 12. The maximum absolute atomic E-state index is 4.95. The fourth-order valence-electron chi connectivity index (χ4n) is 10.7. The Morgan fingerprint density at radius 2 is 0.463 bits per heavy atom. The Balaban J connectivity index is 0.000000447. The largest absolute Gasteiger partial charge is 0.257 e. The van der Waals surface area contributed by atoms with Gasteiger partial charge >= 0.3 is 0 Å². The molecule has 4 aromatic rings. The van der Waals surface area contributed by atoms with Gasteiger partial charge in [0.1, 0.15) is 0 Å². The van der Waals surface area contributed by atoms with Gasteiger partial charge < -0.3 is 0 Å². The molecule has 0 aliphatic rings. The molecule has 0 amide bonds. The van der Waals surface area contributed by atoms with E-state index < -0.39 is 0 Å². The first kappa shape index (κ1) is 61.5. The standard InChI is InChI=1S/3C16H27N.C14H24N2/c1-9(2)14-12(7)16(11(5)6)17-13(8)15(14)10(3)4;1-9(2)14-12(7)15(10(3)4)16(11(5)6)17-13(14)8;1-9(2)14-12(7)13(8)15(10(3)4)17-16(14)11(5)6;1-8(2)12-11(7)13(9(3)4)15-16-14(12)10(5)6/h3*9-11H,1-8H3;8-10H,1-7H3. The normalized spacial score (nSPS) is 11.9. The van der Waals surface area contributed by atoms with E-state index in [9.17, 15) is 0 Å². The lowest BCUT2D eigenvalue weighted by Gasteiger charge is -2.24. The van der Waals surface area contributed by atoms with Crippen LogP contribution in [-0.2, 0) is 0 Å². The Kier molecular flexibility index (Phi) is 24.3. The minimum Gasteiger partial charge on any atom is -0.257 e. The smallest absolute Gasteiger partial charge is 0.0693 e. The van der Waals surface area contributed by atoms with Gasteiger partial charge in [-0.2, -0.15) is 10.2 Å². The maximum atomic E-state index is 4.95. The number of hydrogen-bond donors (Lipinski definition) is 0. The summed E-state index contributed by atoms with van der Waals surface area (Å²) < 4.78 is 0. The SMILES string of the molecule is Cc1c(C(C)C)nc(C(C)C)c(C(C)C)c1C.Cc1c(C(C)C)nnc(C(C)C)c1C(C)C.Cc1nc(C(C)C)c(C(C)C)c(C)c1C(C)C.Cc1nc(C(C)C)c(C)c(C(C)C)c1C(C)C. The maximum Gasteiger partial charge on any atom is 0.0693 e. The Morgan fingerprint density at radius 3 is 0.821 bits per heavy atom. The third-order valence-electron chi connectivity index (χ3n) is 13.5. The van der Waals surface area contributed by atoms with Gasteiger partial charge in [0.2, 0.25) is 0 Å². The highest BCUT2D eigenvalue weighted by Crippen LogP contribution is 2.37. The molecule has 4 rings (SSSR count). The highest BCUT2D eigenvalue weighted by Gasteiger charge is 2.24. The van der Waals surface area contributed by atoms with E-state index in [1.807, 2.05) is 0 Å². The zero-order valence-electron chi connectivity index (χ0n) is 49.7. The van der Waals surface area contributed by atoms with E-state index in [1.54, 1.807) is 0 Å². The number of pyridine rings is 3.